The molecule has 8 heteroatoms. The Morgan fingerprint density at radius 2 is 2.25 bits per heavy atom. The molecular weight excluding hydrogens is 212 g/mol. The van der Waals surface area contributed by atoms with Crippen molar-refractivity contribution >= 4 is 17.8 Å². The molecule has 0 aliphatic carbocycles. The number of nitrogens with two attached hydrogens (primary N) is 1. The summed E-state index contributed by atoms with van der Waals surface area (Å²) in [5, 5.41) is 5.99. The van der Waals surface area contributed by atoms with Gasteiger partial charge in [-0.2, -0.15) is 4.98 Å². The number of likely N-dealkylation sites (N-methyl/N-ethyl adjacent to an activating group) is 1. The van der Waals surface area contributed by atoms with Crippen LogP contribution < -0.4 is 5.73 Å². The first-order valence-electron chi connectivity index (χ1n) is 4.79. The van der Waals surface area contributed by atoms with Crippen molar-refractivity contribution in [2.75, 3.05) is 32.4 Å². The average Bonchev–Trinajstić information content (AvgIpc) is 2.68. The van der Waals surface area contributed by atoms with Crippen molar-refractivity contribution in [1.29, 1.82) is 0 Å². The summed E-state index contributed by atoms with van der Waals surface area (Å²) in [6, 6.07) is 0. The molecule has 2 rings (SSSR count). The minimum atomic E-state index is -0.356. The van der Waals surface area contributed by atoms with Crippen molar-refractivity contribution < 1.29 is 9.59 Å². The third-order valence-corrected chi connectivity index (χ3v) is 2.45. The molecule has 1 aromatic heterocycles. The van der Waals surface area contributed by atoms with Gasteiger partial charge in [0.25, 0.3) is 5.91 Å². The van der Waals surface area contributed by atoms with Crippen molar-refractivity contribution in [3.63, 3.8) is 0 Å². The summed E-state index contributed by atoms with van der Waals surface area (Å²) >= 11 is 0. The molecule has 2 heterocycles. The van der Waals surface area contributed by atoms with E-state index in [0.717, 1.165) is 0 Å². The number of amides is 2. The molecule has 0 spiro atoms. The fraction of sp³-hybridized carbons (Fsp3) is 0.500. The third-order valence-electron chi connectivity index (χ3n) is 2.45. The molecule has 86 valence electrons. The maximum Gasteiger partial charge on any atom is 0.291 e. The van der Waals surface area contributed by atoms with Crippen LogP contribution in [0.3, 0.4) is 0 Å². The average molecular weight is 224 g/mol. The first kappa shape index (κ1) is 10.4. The van der Waals surface area contributed by atoms with Crippen LogP contribution in [-0.2, 0) is 4.79 Å². The van der Waals surface area contributed by atoms with Crippen LogP contribution in [0, 0.1) is 0 Å². The van der Waals surface area contributed by atoms with Gasteiger partial charge in [-0.25, -0.2) is 0 Å². The first-order chi connectivity index (χ1) is 7.58. The fourth-order valence-corrected chi connectivity index (χ4v) is 1.45. The van der Waals surface area contributed by atoms with Crippen LogP contribution >= 0.6 is 0 Å². The van der Waals surface area contributed by atoms with Gasteiger partial charge in [0.1, 0.15) is 6.54 Å². The lowest BCUT2D eigenvalue weighted by molar-refractivity contribution is -0.133. The standard InChI is InChI=1S/C8H12N6O2/c1-13-2-3-14(4-5(13)15)7(16)6-10-8(9)12-11-6/h2-4H2,1H3,(H3,9,10,11,12). The van der Waals surface area contributed by atoms with Gasteiger partial charge in [0.15, 0.2) is 0 Å². The van der Waals surface area contributed by atoms with E-state index in [1.54, 1.807) is 11.9 Å². The van der Waals surface area contributed by atoms with E-state index in [1.807, 2.05) is 0 Å². The highest BCUT2D eigenvalue weighted by molar-refractivity contribution is 5.94. The quantitative estimate of drug-likeness (QED) is 0.591. The zero-order chi connectivity index (χ0) is 11.7. The molecule has 2 amide bonds. The van der Waals surface area contributed by atoms with Crippen molar-refractivity contribution in [3.05, 3.63) is 5.82 Å². The SMILES string of the molecule is CN1CCN(C(=O)c2nc(N)n[nH]2)CC1=O. The van der Waals surface area contributed by atoms with Gasteiger partial charge in [-0.3, -0.25) is 14.7 Å². The predicted octanol–water partition coefficient (Wildman–Crippen LogP) is -1.70. The van der Waals surface area contributed by atoms with Gasteiger partial charge < -0.3 is 15.5 Å². The number of nitrogens with one attached hydrogen (secondary N) is 1. The summed E-state index contributed by atoms with van der Waals surface area (Å²) in [4.78, 5) is 30.0. The third kappa shape index (κ3) is 1.81. The second-order valence-corrected chi connectivity index (χ2v) is 3.58. The monoisotopic (exact) mass is 224 g/mol. The highest BCUT2D eigenvalue weighted by Crippen LogP contribution is 2.05. The molecule has 16 heavy (non-hydrogen) atoms. The van der Waals surface area contributed by atoms with Crippen molar-refractivity contribution in [2.24, 2.45) is 0 Å². The number of hydrogen-bond donors (Lipinski definition) is 2. The summed E-state index contributed by atoms with van der Waals surface area (Å²) in [6.07, 6.45) is 0. The summed E-state index contributed by atoms with van der Waals surface area (Å²) in [5.74, 6) is -0.364. The Morgan fingerprint density at radius 1 is 1.50 bits per heavy atom. The van der Waals surface area contributed by atoms with E-state index >= 15 is 0 Å². The maximum atomic E-state index is 11.8. The molecule has 3 N–H and O–H groups in total. The molecule has 0 aromatic carbocycles. The molecule has 0 atom stereocenters. The van der Waals surface area contributed by atoms with Gasteiger partial charge in [-0.15, -0.1) is 5.10 Å². The van der Waals surface area contributed by atoms with Crippen molar-refractivity contribution in [3.8, 4) is 0 Å². The number of rotatable bonds is 1. The number of anilines is 1. The Kier molecular flexibility index (Phi) is 2.47. The smallest absolute Gasteiger partial charge is 0.291 e. The number of carbonyl (C=O) groups is 2. The second kappa shape index (κ2) is 3.80. The number of hydrogen-bond acceptors (Lipinski definition) is 5. The lowest BCUT2D eigenvalue weighted by atomic mass is 10.3. The Hall–Kier alpha value is -2.12. The Bertz CT molecular complexity index is 428. The van der Waals surface area contributed by atoms with Gasteiger partial charge in [0.2, 0.25) is 17.7 Å². The minimum Gasteiger partial charge on any atom is -0.366 e. The largest absolute Gasteiger partial charge is 0.366 e. The normalized spacial score (nSPS) is 16.7. The summed E-state index contributed by atoms with van der Waals surface area (Å²) < 4.78 is 0. The van der Waals surface area contributed by atoms with Crippen LogP contribution in [0.15, 0.2) is 0 Å². The topological polar surface area (TPSA) is 108 Å². The lowest BCUT2D eigenvalue weighted by Crippen LogP contribution is -2.50. The summed E-state index contributed by atoms with van der Waals surface area (Å²) in [7, 11) is 1.70. The van der Waals surface area contributed by atoms with Gasteiger partial charge in [-0.05, 0) is 0 Å². The molecule has 1 saturated heterocycles. The Morgan fingerprint density at radius 3 is 2.81 bits per heavy atom. The molecule has 1 aliphatic rings. The van der Waals surface area contributed by atoms with Crippen LogP contribution in [0.25, 0.3) is 0 Å². The fourth-order valence-electron chi connectivity index (χ4n) is 1.45. The van der Waals surface area contributed by atoms with Crippen LogP contribution in [0.5, 0.6) is 0 Å². The summed E-state index contributed by atoms with van der Waals surface area (Å²) in [6.45, 7) is 1.08. The minimum absolute atomic E-state index is 0.0174. The Balaban J connectivity index is 2.09. The summed E-state index contributed by atoms with van der Waals surface area (Å²) in [5.41, 5.74) is 5.30. The van der Waals surface area contributed by atoms with Gasteiger partial charge >= 0.3 is 0 Å². The zero-order valence-corrected chi connectivity index (χ0v) is 8.80. The molecule has 1 aliphatic heterocycles. The van der Waals surface area contributed by atoms with Crippen molar-refractivity contribution in [1.82, 2.24) is 25.0 Å². The van der Waals surface area contributed by atoms with E-state index in [2.05, 4.69) is 15.2 Å². The molecule has 1 fully saturated rings. The zero-order valence-electron chi connectivity index (χ0n) is 8.80. The molecule has 0 saturated carbocycles. The number of nitrogens with zero attached hydrogens (tertiary/aromatic N) is 4. The van der Waals surface area contributed by atoms with E-state index in [0.29, 0.717) is 13.1 Å². The van der Waals surface area contributed by atoms with E-state index < -0.39 is 0 Å². The van der Waals surface area contributed by atoms with Gasteiger partial charge in [-0.1, -0.05) is 0 Å². The van der Waals surface area contributed by atoms with E-state index in [4.69, 9.17) is 5.73 Å². The number of carbonyl (C=O) groups excluding carboxylic acids is 2. The predicted molar refractivity (Wildman–Crippen MR) is 54.3 cm³/mol. The second-order valence-electron chi connectivity index (χ2n) is 3.58. The number of aromatic nitrogens is 3. The molecular formula is C8H12N6O2. The van der Waals surface area contributed by atoms with E-state index in [1.165, 1.54) is 4.90 Å². The molecule has 8 nitrogen and oxygen atoms in total. The van der Waals surface area contributed by atoms with E-state index in [9.17, 15) is 9.59 Å². The molecule has 1 aromatic rings. The van der Waals surface area contributed by atoms with Gasteiger partial charge in [0.05, 0.1) is 0 Å². The number of aromatic amines is 1. The van der Waals surface area contributed by atoms with Crippen molar-refractivity contribution in [2.45, 2.75) is 0 Å². The number of nitrogen functional groups attached to an aromatic ring is 1. The first-order valence-corrected chi connectivity index (χ1v) is 4.79. The van der Waals surface area contributed by atoms with E-state index in [-0.39, 0.29) is 30.1 Å². The van der Waals surface area contributed by atoms with Gasteiger partial charge in [0, 0.05) is 20.1 Å². The van der Waals surface area contributed by atoms with Crippen LogP contribution in [0.4, 0.5) is 5.95 Å². The van der Waals surface area contributed by atoms with Crippen LogP contribution in [-0.4, -0.2) is 63.5 Å². The maximum absolute atomic E-state index is 11.8. The highest BCUT2D eigenvalue weighted by Gasteiger charge is 2.27. The number of piperazine rings is 1. The molecule has 0 bridgehead atoms. The number of H-pyrrole nitrogens is 1. The Labute approximate surface area is 91.4 Å². The molecule has 0 radical (unpaired) electrons. The highest BCUT2D eigenvalue weighted by atomic mass is 16.2. The van der Waals surface area contributed by atoms with Crippen LogP contribution in [0.1, 0.15) is 10.6 Å². The lowest BCUT2D eigenvalue weighted by Gasteiger charge is -2.31. The van der Waals surface area contributed by atoms with Crippen LogP contribution in [0.2, 0.25) is 0 Å². The molecule has 0 unspecified atom stereocenters.